The van der Waals surface area contributed by atoms with E-state index in [1.165, 1.54) is 7.06 Å². The minimum Gasteiger partial charge on any atom is -0.269 e. The Morgan fingerprint density at radius 2 is 1.11 bits per heavy atom. The molecule has 27 heavy (non-hydrogen) atoms. The van der Waals surface area contributed by atoms with E-state index in [1.54, 1.807) is 6.92 Å². The highest BCUT2D eigenvalue weighted by atomic mass is 20.0. The lowest BCUT2D eigenvalue weighted by Gasteiger charge is -2.17. The van der Waals surface area contributed by atoms with Crippen LogP contribution in [0.25, 0.3) is 0 Å². The first-order valence-corrected chi connectivity index (χ1v) is 5.53. The lowest BCUT2D eigenvalue weighted by atomic mass is 8.64. The molecule has 18 heteroatoms. The Labute approximate surface area is 183 Å². The molecule has 151 valence electrons. The standard InChI is InChI=1S/C9H4.B9.4F2.FH.10H2/c1-3-5-7-9-8-6-4-2;1-6-9(7(2)3)8(4)5;4*1-2;;;;;;;;;;;/h1H,2H3;;;;;;11*1H/i;;;;;;;4*1+1D;1+1;;;;;. The largest absolute Gasteiger partial charge is 0.269 e. The predicted octanol–water partition coefficient (Wildman–Crippen LogP) is 3.20. The van der Waals surface area contributed by atoms with Crippen molar-refractivity contribution >= 4 is 64.9 Å². The van der Waals surface area contributed by atoms with E-state index in [0.29, 0.717) is 0 Å². The third-order valence-corrected chi connectivity index (χ3v) is 1.56. The molecule has 0 aliphatic carbocycles. The Morgan fingerprint density at radius 3 is 1.30 bits per heavy atom. The van der Waals surface area contributed by atoms with Crippen molar-refractivity contribution in [2.45, 2.75) is 6.92 Å². The van der Waals surface area contributed by atoms with Crippen LogP contribution in [0.4, 0.5) is 41.3 Å². The zero-order chi connectivity index (χ0) is 30.4. The third kappa shape index (κ3) is 59.2. The Balaban J connectivity index is -0.0000000113. The summed E-state index contributed by atoms with van der Waals surface area (Å²) in [5, 5.41) is 0. The quantitative estimate of drug-likeness (QED) is 0.381. The number of hydrogen-bond donors (Lipinski definition) is 0. The molecule has 0 amide bonds. The lowest BCUT2D eigenvalue weighted by Crippen LogP contribution is -2.55. The van der Waals surface area contributed by atoms with Gasteiger partial charge in [0, 0.05) is 122 Å². The van der Waals surface area contributed by atoms with Crippen LogP contribution in [0.3, 0.4) is 0 Å². The van der Waals surface area contributed by atoms with Gasteiger partial charge in [-0.05, 0) is 42.4 Å². The van der Waals surface area contributed by atoms with E-state index in [0.717, 1.165) is 0 Å². The molecule has 0 heterocycles. The van der Waals surface area contributed by atoms with Gasteiger partial charge in [-0.15, -0.1) is 6.42 Å². The van der Waals surface area contributed by atoms with Crippen LogP contribution in [0, 0.1) is 47.9 Å². The van der Waals surface area contributed by atoms with E-state index in [9.17, 15) is 0 Å². The van der Waals surface area contributed by atoms with Crippen LogP contribution in [-0.4, -0.2) is 64.9 Å². The fourth-order valence-electron chi connectivity index (χ4n) is 0.706. The van der Waals surface area contributed by atoms with E-state index in [1.807, 2.05) is 0 Å². The van der Waals surface area contributed by atoms with Crippen molar-refractivity contribution in [2.75, 3.05) is 0 Å². The van der Waals surface area contributed by atoms with Crippen LogP contribution >= 0.6 is 0 Å². The van der Waals surface area contributed by atoms with E-state index < -0.39 is 12.8 Å². The first-order chi connectivity index (χ1) is 16.5. The molecule has 0 aliphatic rings. The van der Waals surface area contributed by atoms with Gasteiger partial charge in [-0.2, -0.15) is 0 Å². The van der Waals surface area contributed by atoms with Crippen molar-refractivity contribution in [2.24, 2.45) is 0 Å². The van der Waals surface area contributed by atoms with Crippen LogP contribution in [0.15, 0.2) is 0 Å². The monoisotopic (exact) mass is 412 g/mol. The molecule has 0 saturated carbocycles. The second-order valence-electron chi connectivity index (χ2n) is 2.94. The lowest BCUT2D eigenvalue weighted by molar-refractivity contribution is 0.108. The number of rotatable bonds is 3. The number of hydrogen-bond acceptors (Lipinski definition) is 0. The summed E-state index contributed by atoms with van der Waals surface area (Å²) in [7, 11) is 27.5. The van der Waals surface area contributed by atoms with Crippen LogP contribution in [0.5, 0.6) is 0 Å². The van der Waals surface area contributed by atoms with Gasteiger partial charge in [-0.3, -0.25) is 4.70 Å². The fourth-order valence-corrected chi connectivity index (χ4v) is 0.706. The minimum absolute atomic E-state index is 0. The topological polar surface area (TPSA) is 0 Å². The molecule has 0 bridgehead atoms. The molecule has 0 atom stereocenters. The van der Waals surface area contributed by atoms with E-state index in [-0.39, 0.29) is 19.6 Å². The van der Waals surface area contributed by atoms with Gasteiger partial charge in [-0.1, -0.05) is 5.92 Å². The molecule has 11 radical (unpaired) electrons. The normalized spacial score (nSPS) is 5.93. The SMILES string of the molecule is C#CC#CC#CC#CC.F.FF.FF.FF.FF.[2HH].[2H][2H].[2H][2H].[2H][2H].[2H][2H].[B][B]B(B([B])[B])B([B])[B].[HH].[HH].[HH].[HH].[HH]. The van der Waals surface area contributed by atoms with Crippen molar-refractivity contribution in [3.8, 4) is 47.9 Å². The summed E-state index contributed by atoms with van der Waals surface area (Å²) >= 11 is 0. The van der Waals surface area contributed by atoms with Gasteiger partial charge < -0.3 is 0 Å². The Hall–Kier alpha value is -1.81. The molecular weight excluding hydrogens is 376 g/mol. The first kappa shape index (κ1) is 29.9. The maximum absolute atomic E-state index is 8.00. The molecule has 0 fully saturated rings. The van der Waals surface area contributed by atoms with Crippen molar-refractivity contribution in [1.29, 1.82) is 0 Å². The van der Waals surface area contributed by atoms with Crippen molar-refractivity contribution in [3.05, 3.63) is 0 Å². The summed E-state index contributed by atoms with van der Waals surface area (Å²) < 4.78 is 104. The molecule has 0 spiro atoms. The van der Waals surface area contributed by atoms with E-state index >= 15 is 0 Å². The predicted molar refractivity (Wildman–Crippen MR) is 122 cm³/mol. The summed E-state index contributed by atoms with van der Waals surface area (Å²) in [5.74, 6) is 17.0. The zero-order valence-corrected chi connectivity index (χ0v) is 13.7. The molecule has 0 rings (SSSR count). The van der Waals surface area contributed by atoms with Gasteiger partial charge >= 0.3 is 0 Å². The maximum atomic E-state index is 8.00. The number of terminal acetylenes is 1. The van der Waals surface area contributed by atoms with Crippen LogP contribution in [0.2, 0.25) is 0 Å². The summed E-state index contributed by atoms with van der Waals surface area (Å²) in [6.45, 7) is 1.71. The smallest absolute Gasteiger partial charge is 0 e. The summed E-state index contributed by atoms with van der Waals surface area (Å²) in [6.07, 6.45) is 3.35. The molecule has 0 nitrogen and oxygen atoms in total. The summed E-state index contributed by atoms with van der Waals surface area (Å²) in [4.78, 5) is 0. The molecule has 0 N–H and O–H groups in total. The molecule has 0 aromatic heterocycles. The zero-order valence-electron chi connectivity index (χ0n) is 21.7. The Morgan fingerprint density at radius 1 is 0.815 bits per heavy atom. The highest BCUT2D eigenvalue weighted by Gasteiger charge is 2.18. The van der Waals surface area contributed by atoms with E-state index in [4.69, 9.17) is 93.6 Å². The molecule has 0 aromatic rings. The Kier molecular flexibility index (Phi) is 62.5. The third-order valence-electron chi connectivity index (χ3n) is 1.56. The van der Waals surface area contributed by atoms with Gasteiger partial charge in [0.15, 0.2) is 0 Å². The van der Waals surface area contributed by atoms with Crippen molar-refractivity contribution in [3.63, 3.8) is 0 Å². The van der Waals surface area contributed by atoms with Crippen molar-refractivity contribution < 1.29 is 61.7 Å². The molecule has 0 aliphatic heterocycles. The van der Waals surface area contributed by atoms with E-state index in [2.05, 4.69) is 41.4 Å². The van der Waals surface area contributed by atoms with Gasteiger partial charge in [0.2, 0.25) is 0 Å². The fraction of sp³-hybridized carbons (Fsp3) is 0.111. The second-order valence-corrected chi connectivity index (χ2v) is 2.94. The average molecular weight is 411 g/mol. The molecule has 0 unspecified atom stereocenters. The summed E-state index contributed by atoms with van der Waals surface area (Å²) in [6, 6.07) is 0. The minimum atomic E-state index is -0.574. The van der Waals surface area contributed by atoms with Gasteiger partial charge in [0.25, 0.3) is 0 Å². The second kappa shape index (κ2) is 56.4. The van der Waals surface area contributed by atoms with Crippen LogP contribution in [0.1, 0.15) is 27.4 Å². The van der Waals surface area contributed by atoms with Gasteiger partial charge in [0.05, 0.1) is 0 Å². The molecule has 0 saturated heterocycles. The molecule has 0 aromatic carbocycles. The highest BCUT2D eigenvalue weighted by Crippen LogP contribution is 1.80. The maximum Gasteiger partial charge on any atom is 0 e. The van der Waals surface area contributed by atoms with Gasteiger partial charge in [-0.25, -0.2) is 0 Å². The average Bonchev–Trinajstić information content (AvgIpc) is 2.93. The van der Waals surface area contributed by atoms with Crippen LogP contribution in [-0.2, 0) is 0 Å². The van der Waals surface area contributed by atoms with Crippen LogP contribution < -0.4 is 0 Å². The molecular formula is C9H25B9F9. The number of halogens is 9. The highest BCUT2D eigenvalue weighted by molar-refractivity contribution is 7.93. The Bertz CT molecular complexity index is 483. The first-order valence-electron chi connectivity index (χ1n) is 9.53. The van der Waals surface area contributed by atoms with Crippen molar-refractivity contribution in [1.82, 2.24) is 0 Å². The summed E-state index contributed by atoms with van der Waals surface area (Å²) in [5.41, 5.74) is 0. The van der Waals surface area contributed by atoms with Gasteiger partial charge in [0.1, 0.15) is 0 Å².